The second kappa shape index (κ2) is 10.3. The molecule has 0 aromatic heterocycles. The van der Waals surface area contributed by atoms with E-state index in [0.717, 1.165) is 22.3 Å². The quantitative estimate of drug-likeness (QED) is 0.388. The van der Waals surface area contributed by atoms with Crippen LogP contribution in [0, 0.1) is 13.8 Å². The van der Waals surface area contributed by atoms with E-state index in [4.69, 9.17) is 18.6 Å². The molecule has 0 fully saturated rings. The first-order valence-electron chi connectivity index (χ1n) is 9.32. The van der Waals surface area contributed by atoms with Gasteiger partial charge < -0.3 is 9.47 Å². The molecule has 2 N–H and O–H groups in total. The van der Waals surface area contributed by atoms with Gasteiger partial charge in [-0.2, -0.15) is 16.8 Å². The molecule has 0 bridgehead atoms. The molecule has 30 heavy (non-hydrogen) atoms. The van der Waals surface area contributed by atoms with Crippen LogP contribution in [0.3, 0.4) is 0 Å². The number of hydrogen-bond acceptors (Lipinski definition) is 6. The summed E-state index contributed by atoms with van der Waals surface area (Å²) in [6.07, 6.45) is 0.276. The third-order valence-corrected chi connectivity index (χ3v) is 5.78. The first-order chi connectivity index (χ1) is 13.9. The van der Waals surface area contributed by atoms with E-state index in [2.05, 4.69) is 0 Å². The fourth-order valence-electron chi connectivity index (χ4n) is 2.79. The Morgan fingerprint density at radius 2 is 1.07 bits per heavy atom. The molecule has 0 unspecified atom stereocenters. The van der Waals surface area contributed by atoms with Gasteiger partial charge in [0.05, 0.1) is 24.7 Å². The SMILES string of the molecule is Cc1ccc(-c2ccc(C)cc2OCCCS(=O)(=O)O)c(OCCCS(=O)(=O)O)c1. The van der Waals surface area contributed by atoms with Crippen LogP contribution in [0.1, 0.15) is 24.0 Å². The monoisotopic (exact) mass is 458 g/mol. The summed E-state index contributed by atoms with van der Waals surface area (Å²) in [4.78, 5) is 0. The Morgan fingerprint density at radius 1 is 0.700 bits per heavy atom. The summed E-state index contributed by atoms with van der Waals surface area (Å²) >= 11 is 0. The van der Waals surface area contributed by atoms with E-state index >= 15 is 0 Å². The van der Waals surface area contributed by atoms with Crippen LogP contribution < -0.4 is 9.47 Å². The lowest BCUT2D eigenvalue weighted by atomic mass is 10.0. The highest BCUT2D eigenvalue weighted by molar-refractivity contribution is 7.86. The van der Waals surface area contributed by atoms with Crippen molar-refractivity contribution in [2.24, 2.45) is 0 Å². The van der Waals surface area contributed by atoms with Gasteiger partial charge in [-0.1, -0.05) is 24.3 Å². The molecule has 0 radical (unpaired) electrons. The van der Waals surface area contributed by atoms with Gasteiger partial charge in [-0.05, 0) is 49.9 Å². The molecule has 0 heterocycles. The summed E-state index contributed by atoms with van der Waals surface area (Å²) in [5.41, 5.74) is 3.37. The molecule has 2 aromatic carbocycles. The van der Waals surface area contributed by atoms with Gasteiger partial charge in [-0.15, -0.1) is 0 Å². The summed E-state index contributed by atoms with van der Waals surface area (Å²) in [5.74, 6) is 0.302. The van der Waals surface area contributed by atoms with Crippen LogP contribution in [-0.4, -0.2) is 50.7 Å². The van der Waals surface area contributed by atoms with Crippen LogP contribution in [0.25, 0.3) is 11.1 Å². The predicted octanol–water partition coefficient (Wildman–Crippen LogP) is 3.28. The second-order valence-electron chi connectivity index (χ2n) is 6.98. The number of ether oxygens (including phenoxy) is 2. The summed E-state index contributed by atoms with van der Waals surface area (Å²) < 4.78 is 72.8. The average molecular weight is 459 g/mol. The van der Waals surface area contributed by atoms with Crippen molar-refractivity contribution < 1.29 is 35.4 Å². The van der Waals surface area contributed by atoms with Crippen molar-refractivity contribution in [2.75, 3.05) is 24.7 Å². The van der Waals surface area contributed by atoms with Crippen molar-refractivity contribution in [3.63, 3.8) is 0 Å². The molecule has 0 amide bonds. The third-order valence-electron chi connectivity index (χ3n) is 4.17. The van der Waals surface area contributed by atoms with Gasteiger partial charge in [0.25, 0.3) is 20.2 Å². The normalized spacial score (nSPS) is 12.0. The van der Waals surface area contributed by atoms with E-state index in [9.17, 15) is 16.8 Å². The molecular formula is C20H26O8S2. The number of aryl methyl sites for hydroxylation is 2. The van der Waals surface area contributed by atoms with Gasteiger partial charge in [-0.3, -0.25) is 9.11 Å². The van der Waals surface area contributed by atoms with Gasteiger partial charge >= 0.3 is 0 Å². The van der Waals surface area contributed by atoms with E-state index < -0.39 is 20.2 Å². The first kappa shape index (κ1) is 24.1. The van der Waals surface area contributed by atoms with E-state index in [0.29, 0.717) is 11.5 Å². The van der Waals surface area contributed by atoms with Crippen LogP contribution in [-0.2, 0) is 20.2 Å². The first-order valence-corrected chi connectivity index (χ1v) is 12.5. The van der Waals surface area contributed by atoms with Gasteiger partial charge in [-0.25, -0.2) is 0 Å². The molecule has 8 nitrogen and oxygen atoms in total. The zero-order valence-electron chi connectivity index (χ0n) is 16.9. The minimum atomic E-state index is -4.04. The van der Waals surface area contributed by atoms with Crippen LogP contribution in [0.15, 0.2) is 36.4 Å². The number of rotatable bonds is 11. The van der Waals surface area contributed by atoms with Crippen molar-refractivity contribution in [1.29, 1.82) is 0 Å². The minimum absolute atomic E-state index is 0.104. The molecule has 0 aliphatic carbocycles. The van der Waals surface area contributed by atoms with Gasteiger partial charge in [0.1, 0.15) is 11.5 Å². The van der Waals surface area contributed by atoms with E-state index in [1.807, 2.05) is 50.2 Å². The molecule has 2 rings (SSSR count). The molecule has 0 saturated heterocycles. The Balaban J connectivity index is 2.23. The third kappa shape index (κ3) is 8.31. The highest BCUT2D eigenvalue weighted by Crippen LogP contribution is 2.37. The van der Waals surface area contributed by atoms with E-state index in [1.54, 1.807) is 0 Å². The van der Waals surface area contributed by atoms with E-state index in [-0.39, 0.29) is 37.6 Å². The highest BCUT2D eigenvalue weighted by Gasteiger charge is 2.14. The zero-order valence-corrected chi connectivity index (χ0v) is 18.5. The van der Waals surface area contributed by atoms with Crippen molar-refractivity contribution in [3.8, 4) is 22.6 Å². The Labute approximate surface area is 177 Å². The molecule has 10 heteroatoms. The lowest BCUT2D eigenvalue weighted by Gasteiger charge is -2.17. The van der Waals surface area contributed by atoms with Crippen LogP contribution in [0.2, 0.25) is 0 Å². The fraction of sp³-hybridized carbons (Fsp3) is 0.400. The van der Waals surface area contributed by atoms with Crippen LogP contribution in [0.5, 0.6) is 11.5 Å². The molecule has 166 valence electrons. The van der Waals surface area contributed by atoms with Crippen LogP contribution in [0.4, 0.5) is 0 Å². The molecule has 2 aromatic rings. The lowest BCUT2D eigenvalue weighted by Crippen LogP contribution is -2.09. The topological polar surface area (TPSA) is 127 Å². The maximum Gasteiger partial charge on any atom is 0.264 e. The predicted molar refractivity (Wildman–Crippen MR) is 114 cm³/mol. The average Bonchev–Trinajstić information content (AvgIpc) is 2.62. The highest BCUT2D eigenvalue weighted by atomic mass is 32.2. The molecule has 0 atom stereocenters. The number of hydrogen-bond donors (Lipinski definition) is 2. The zero-order chi connectivity index (χ0) is 22.4. The van der Waals surface area contributed by atoms with Crippen molar-refractivity contribution in [2.45, 2.75) is 26.7 Å². The molecule has 0 aliphatic heterocycles. The Kier molecular flexibility index (Phi) is 8.25. The fourth-order valence-corrected chi connectivity index (χ4v) is 3.76. The summed E-state index contributed by atoms with van der Waals surface area (Å²) in [7, 11) is -8.09. The Hall–Kier alpha value is -2.14. The lowest BCUT2D eigenvalue weighted by molar-refractivity contribution is 0.312. The van der Waals surface area contributed by atoms with Gasteiger partial charge in [0.15, 0.2) is 0 Å². The Morgan fingerprint density at radius 3 is 1.40 bits per heavy atom. The maximum absolute atomic E-state index is 10.9. The maximum atomic E-state index is 10.9. The smallest absolute Gasteiger partial charge is 0.264 e. The van der Waals surface area contributed by atoms with Crippen molar-refractivity contribution >= 4 is 20.2 Å². The van der Waals surface area contributed by atoms with Crippen molar-refractivity contribution in [1.82, 2.24) is 0 Å². The van der Waals surface area contributed by atoms with Gasteiger partial charge in [0, 0.05) is 11.1 Å². The largest absolute Gasteiger partial charge is 0.493 e. The summed E-state index contributed by atoms with van der Waals surface area (Å²) in [5, 5.41) is 0. The molecule has 0 spiro atoms. The summed E-state index contributed by atoms with van der Waals surface area (Å²) in [6, 6.07) is 11.2. The second-order valence-corrected chi connectivity index (χ2v) is 10.1. The molecule has 0 saturated carbocycles. The molecule has 0 aliphatic rings. The van der Waals surface area contributed by atoms with Crippen molar-refractivity contribution in [3.05, 3.63) is 47.5 Å². The van der Waals surface area contributed by atoms with Crippen LogP contribution >= 0.6 is 0 Å². The van der Waals surface area contributed by atoms with Gasteiger partial charge in [0.2, 0.25) is 0 Å². The Bertz CT molecular complexity index is 988. The minimum Gasteiger partial charge on any atom is -0.493 e. The van der Waals surface area contributed by atoms with E-state index in [1.165, 1.54) is 0 Å². The standard InChI is InChI=1S/C20H26O8S2/c1-15-5-7-17(19(13-15)27-9-3-11-29(21,22)23)18-8-6-16(2)14-20(18)28-10-4-12-30(24,25)26/h5-8,13-14H,3-4,9-12H2,1-2H3,(H,21,22,23)(H,24,25,26). The summed E-state index contributed by atoms with van der Waals surface area (Å²) in [6.45, 7) is 4.01. The number of benzene rings is 2. The molecular weight excluding hydrogens is 432 g/mol.